The van der Waals surface area contributed by atoms with Gasteiger partial charge in [0, 0.05) is 37.7 Å². The van der Waals surface area contributed by atoms with Gasteiger partial charge in [0.2, 0.25) is 5.91 Å². The highest BCUT2D eigenvalue weighted by atomic mass is 16.5. The fraction of sp³-hybridized carbons (Fsp3) is 0.565. The predicted octanol–water partition coefficient (Wildman–Crippen LogP) is 2.68. The highest BCUT2D eigenvalue weighted by molar-refractivity contribution is 5.77. The molecule has 29 heavy (non-hydrogen) atoms. The molecule has 154 valence electrons. The first-order chi connectivity index (χ1) is 14.1. The minimum absolute atomic E-state index is 0.271. The maximum Gasteiger partial charge on any atom is 0.224 e. The third kappa shape index (κ3) is 3.33. The first-order valence-electron chi connectivity index (χ1n) is 10.8. The SMILES string of the molecule is COc1cccc([C@H]2CN(C(=O)CCn3ccc(C)n3)[C@H]3C4CCN(CC4)[C@@H]23)c1. The Bertz CT molecular complexity index is 887. The van der Waals surface area contributed by atoms with E-state index in [2.05, 4.69) is 33.1 Å². The molecule has 1 aromatic carbocycles. The molecule has 4 aliphatic rings. The fourth-order valence-corrected chi connectivity index (χ4v) is 5.81. The van der Waals surface area contributed by atoms with Crippen molar-refractivity contribution in [2.75, 3.05) is 26.7 Å². The van der Waals surface area contributed by atoms with Crippen molar-refractivity contribution in [2.45, 2.75) is 50.7 Å². The van der Waals surface area contributed by atoms with Crippen LogP contribution in [0.15, 0.2) is 36.5 Å². The van der Waals surface area contributed by atoms with Gasteiger partial charge in [-0.05, 0) is 62.5 Å². The number of aryl methyl sites for hydroxylation is 2. The van der Waals surface area contributed by atoms with Crippen LogP contribution in [0.3, 0.4) is 0 Å². The number of carbonyl (C=O) groups excluding carboxylic acids is 1. The molecule has 2 aromatic rings. The number of nitrogens with zero attached hydrogens (tertiary/aromatic N) is 4. The van der Waals surface area contributed by atoms with Crippen LogP contribution in [-0.4, -0.2) is 64.3 Å². The van der Waals surface area contributed by atoms with Gasteiger partial charge in [0.05, 0.1) is 18.8 Å². The summed E-state index contributed by atoms with van der Waals surface area (Å²) in [6, 6.07) is 11.2. The van der Waals surface area contributed by atoms with E-state index in [0.717, 1.165) is 18.0 Å². The van der Waals surface area contributed by atoms with E-state index in [4.69, 9.17) is 4.74 Å². The summed E-state index contributed by atoms with van der Waals surface area (Å²) >= 11 is 0. The van der Waals surface area contributed by atoms with E-state index >= 15 is 0 Å². The van der Waals surface area contributed by atoms with Crippen LogP contribution in [-0.2, 0) is 11.3 Å². The van der Waals surface area contributed by atoms with Crippen molar-refractivity contribution in [2.24, 2.45) is 5.92 Å². The number of benzene rings is 1. The first kappa shape index (κ1) is 18.7. The van der Waals surface area contributed by atoms with Crippen LogP contribution in [0, 0.1) is 12.8 Å². The summed E-state index contributed by atoms with van der Waals surface area (Å²) in [5.41, 5.74) is 2.29. The van der Waals surface area contributed by atoms with Gasteiger partial charge in [0.1, 0.15) is 5.75 Å². The number of hydrogen-bond acceptors (Lipinski definition) is 4. The molecule has 1 aromatic heterocycles. The third-order valence-corrected chi connectivity index (χ3v) is 7.17. The number of ether oxygens (including phenoxy) is 1. The molecule has 2 bridgehead atoms. The molecule has 0 radical (unpaired) electrons. The normalized spacial score (nSPS) is 30.4. The van der Waals surface area contributed by atoms with Crippen LogP contribution in [0.5, 0.6) is 5.75 Å². The zero-order valence-electron chi connectivity index (χ0n) is 17.3. The average molecular weight is 395 g/mol. The second kappa shape index (κ2) is 7.48. The lowest BCUT2D eigenvalue weighted by atomic mass is 9.75. The zero-order chi connectivity index (χ0) is 20.0. The van der Waals surface area contributed by atoms with Gasteiger partial charge >= 0.3 is 0 Å². The van der Waals surface area contributed by atoms with Crippen molar-refractivity contribution in [3.05, 3.63) is 47.8 Å². The van der Waals surface area contributed by atoms with Crippen LogP contribution in [0.2, 0.25) is 0 Å². The lowest BCUT2D eigenvalue weighted by Crippen LogP contribution is -2.60. The van der Waals surface area contributed by atoms with E-state index in [1.165, 1.54) is 31.5 Å². The highest BCUT2D eigenvalue weighted by Crippen LogP contribution is 2.47. The summed E-state index contributed by atoms with van der Waals surface area (Å²) < 4.78 is 7.36. The summed E-state index contributed by atoms with van der Waals surface area (Å²) in [5, 5.41) is 4.43. The van der Waals surface area contributed by atoms with Crippen LogP contribution in [0.4, 0.5) is 0 Å². The third-order valence-electron chi connectivity index (χ3n) is 7.17. The Hall–Kier alpha value is -2.34. The quantitative estimate of drug-likeness (QED) is 0.782. The Kier molecular flexibility index (Phi) is 4.82. The van der Waals surface area contributed by atoms with E-state index in [1.54, 1.807) is 7.11 Å². The lowest BCUT2D eigenvalue weighted by Gasteiger charge is -2.51. The van der Waals surface area contributed by atoms with Gasteiger partial charge in [0.25, 0.3) is 0 Å². The Labute approximate surface area is 172 Å². The molecule has 4 saturated heterocycles. The van der Waals surface area contributed by atoms with Crippen molar-refractivity contribution in [3.8, 4) is 5.75 Å². The number of hydrogen-bond donors (Lipinski definition) is 0. The van der Waals surface area contributed by atoms with Crippen molar-refractivity contribution < 1.29 is 9.53 Å². The molecular formula is C23H30N4O2. The number of piperidine rings is 3. The summed E-state index contributed by atoms with van der Waals surface area (Å²) in [4.78, 5) is 18.1. The molecule has 0 N–H and O–H groups in total. The summed E-state index contributed by atoms with van der Waals surface area (Å²) in [5.74, 6) is 2.16. The molecule has 0 unspecified atom stereocenters. The molecule has 1 amide bonds. The van der Waals surface area contributed by atoms with E-state index in [-0.39, 0.29) is 5.91 Å². The van der Waals surface area contributed by atoms with Crippen molar-refractivity contribution in [3.63, 3.8) is 0 Å². The maximum absolute atomic E-state index is 13.3. The topological polar surface area (TPSA) is 50.6 Å². The second-order valence-electron chi connectivity index (χ2n) is 8.75. The smallest absolute Gasteiger partial charge is 0.224 e. The van der Waals surface area contributed by atoms with Gasteiger partial charge in [-0.2, -0.15) is 5.10 Å². The number of fused-ring (bicyclic) bond motifs is 2. The predicted molar refractivity (Wildman–Crippen MR) is 111 cm³/mol. The van der Waals surface area contributed by atoms with Crippen LogP contribution >= 0.6 is 0 Å². The Morgan fingerprint density at radius 1 is 1.21 bits per heavy atom. The van der Waals surface area contributed by atoms with Gasteiger partial charge in [-0.25, -0.2) is 0 Å². The minimum atomic E-state index is 0.271. The largest absolute Gasteiger partial charge is 0.497 e. The van der Waals surface area contributed by atoms with Gasteiger partial charge in [0.15, 0.2) is 0 Å². The zero-order valence-corrected chi connectivity index (χ0v) is 17.3. The molecule has 6 heteroatoms. The van der Waals surface area contributed by atoms with Gasteiger partial charge in [-0.3, -0.25) is 14.4 Å². The van der Waals surface area contributed by atoms with E-state index in [1.807, 2.05) is 29.9 Å². The molecule has 0 spiro atoms. The van der Waals surface area contributed by atoms with Crippen LogP contribution in [0.1, 0.15) is 36.4 Å². The second-order valence-corrected chi connectivity index (χ2v) is 8.75. The summed E-state index contributed by atoms with van der Waals surface area (Å²) in [7, 11) is 1.72. The number of carbonyl (C=O) groups is 1. The average Bonchev–Trinajstić information content (AvgIpc) is 3.38. The van der Waals surface area contributed by atoms with Crippen molar-refractivity contribution in [1.82, 2.24) is 19.6 Å². The molecular weight excluding hydrogens is 364 g/mol. The van der Waals surface area contributed by atoms with Gasteiger partial charge in [-0.15, -0.1) is 0 Å². The monoisotopic (exact) mass is 394 g/mol. The molecule has 3 atom stereocenters. The van der Waals surface area contributed by atoms with Gasteiger partial charge in [-0.1, -0.05) is 12.1 Å². The number of amides is 1. The number of aromatic nitrogens is 2. The molecule has 6 nitrogen and oxygen atoms in total. The van der Waals surface area contributed by atoms with E-state index in [9.17, 15) is 4.79 Å². The molecule has 4 aliphatic heterocycles. The van der Waals surface area contributed by atoms with Crippen LogP contribution in [0.25, 0.3) is 0 Å². The summed E-state index contributed by atoms with van der Waals surface area (Å²) in [6.45, 7) is 5.78. The standard InChI is InChI=1S/C23H30N4O2/c1-16-6-12-26(24-16)13-9-21(28)27-15-20(18-4-3-5-19(14-18)29-2)23-22(27)17-7-10-25(23)11-8-17/h3-6,12,14,17,20,22-23H,7-11,13,15H2,1-2H3/t20-,22+,23+/m1/s1. The number of methoxy groups -OCH3 is 1. The first-order valence-corrected chi connectivity index (χ1v) is 10.8. The fourth-order valence-electron chi connectivity index (χ4n) is 5.81. The van der Waals surface area contributed by atoms with E-state index in [0.29, 0.717) is 36.9 Å². The van der Waals surface area contributed by atoms with Crippen LogP contribution < -0.4 is 4.74 Å². The Morgan fingerprint density at radius 3 is 2.76 bits per heavy atom. The van der Waals surface area contributed by atoms with Gasteiger partial charge < -0.3 is 9.64 Å². The maximum atomic E-state index is 13.3. The summed E-state index contributed by atoms with van der Waals surface area (Å²) in [6.07, 6.45) is 4.91. The Balaban J connectivity index is 1.39. The molecule has 6 rings (SSSR count). The molecule has 5 heterocycles. The molecule has 4 fully saturated rings. The van der Waals surface area contributed by atoms with Crippen molar-refractivity contribution in [1.29, 1.82) is 0 Å². The lowest BCUT2D eigenvalue weighted by molar-refractivity contribution is -0.136. The van der Waals surface area contributed by atoms with Crippen molar-refractivity contribution >= 4 is 5.91 Å². The minimum Gasteiger partial charge on any atom is -0.497 e. The molecule has 0 saturated carbocycles. The number of likely N-dealkylation sites (tertiary alicyclic amines) is 1. The number of rotatable bonds is 5. The highest BCUT2D eigenvalue weighted by Gasteiger charge is 2.54. The Morgan fingerprint density at radius 2 is 2.03 bits per heavy atom. The van der Waals surface area contributed by atoms with E-state index < -0.39 is 0 Å². The molecule has 0 aliphatic carbocycles.